The molecule has 0 aromatic heterocycles. The van der Waals surface area contributed by atoms with Crippen molar-refractivity contribution in [3.8, 4) is 5.75 Å². The van der Waals surface area contributed by atoms with Crippen LogP contribution in [0.4, 0.5) is 0 Å². The lowest BCUT2D eigenvalue weighted by molar-refractivity contribution is -0.137. The molecule has 1 heterocycles. The first kappa shape index (κ1) is 22.6. The molecule has 0 spiro atoms. The van der Waals surface area contributed by atoms with E-state index in [2.05, 4.69) is 0 Å². The molecule has 0 unspecified atom stereocenters. The van der Waals surface area contributed by atoms with Gasteiger partial charge in [0, 0.05) is 32.3 Å². The zero-order chi connectivity index (χ0) is 22.4. The predicted octanol–water partition coefficient (Wildman–Crippen LogP) is 3.72. The highest BCUT2D eigenvalue weighted by Gasteiger charge is 2.41. The first-order valence-electron chi connectivity index (χ1n) is 10.5. The van der Waals surface area contributed by atoms with Crippen LogP contribution in [0.5, 0.6) is 5.75 Å². The summed E-state index contributed by atoms with van der Waals surface area (Å²) >= 11 is 0. The Balaban J connectivity index is 1.94. The van der Waals surface area contributed by atoms with Crippen LogP contribution in [0.1, 0.15) is 31.4 Å². The third-order valence-corrected chi connectivity index (χ3v) is 5.14. The van der Waals surface area contributed by atoms with Crippen molar-refractivity contribution < 1.29 is 19.1 Å². The minimum atomic E-state index is -0.297. The highest BCUT2D eigenvalue weighted by molar-refractivity contribution is 6.36. The zero-order valence-electron chi connectivity index (χ0n) is 18.6. The molecule has 3 rings (SSSR count). The van der Waals surface area contributed by atoms with Gasteiger partial charge in [-0.25, -0.2) is 0 Å². The van der Waals surface area contributed by atoms with Gasteiger partial charge in [0.25, 0.3) is 11.8 Å². The summed E-state index contributed by atoms with van der Waals surface area (Å²) in [6.07, 6.45) is 0.699. The summed E-state index contributed by atoms with van der Waals surface area (Å²) in [4.78, 5) is 30.0. The Hall–Kier alpha value is -3.12. The van der Waals surface area contributed by atoms with Crippen LogP contribution in [0.25, 0.3) is 5.57 Å². The third-order valence-electron chi connectivity index (χ3n) is 5.14. The fourth-order valence-electron chi connectivity index (χ4n) is 3.69. The van der Waals surface area contributed by atoms with E-state index in [4.69, 9.17) is 9.47 Å². The fraction of sp³-hybridized carbons (Fsp3) is 0.360. The molecule has 0 N–H and O–H groups in total. The van der Waals surface area contributed by atoms with Gasteiger partial charge >= 0.3 is 0 Å². The molecule has 0 aliphatic carbocycles. The molecule has 6 nitrogen and oxygen atoms in total. The Kier molecular flexibility index (Phi) is 7.47. The van der Waals surface area contributed by atoms with Crippen molar-refractivity contribution in [1.82, 2.24) is 9.80 Å². The standard InChI is InChI=1S/C25H30N2O4/c1-18(2)31-16-10-15-27-24(28)22(20-13-8-9-14-21(20)30-4)23(25(27)29)26(3)17-19-11-6-5-7-12-19/h5-9,11-14,18H,10,15-17H2,1-4H3. The molecule has 2 aromatic rings. The van der Waals surface area contributed by atoms with Crippen molar-refractivity contribution in [1.29, 1.82) is 0 Å². The number of benzene rings is 2. The minimum absolute atomic E-state index is 0.111. The molecule has 31 heavy (non-hydrogen) atoms. The second kappa shape index (κ2) is 10.3. The Morgan fingerprint density at radius 3 is 2.32 bits per heavy atom. The number of hydrogen-bond donors (Lipinski definition) is 0. The second-order valence-electron chi connectivity index (χ2n) is 7.80. The summed E-state index contributed by atoms with van der Waals surface area (Å²) in [5.74, 6) is -0.0166. The summed E-state index contributed by atoms with van der Waals surface area (Å²) in [7, 11) is 3.41. The van der Waals surface area contributed by atoms with Crippen LogP contribution in [0.2, 0.25) is 0 Å². The predicted molar refractivity (Wildman–Crippen MR) is 120 cm³/mol. The monoisotopic (exact) mass is 422 g/mol. The first-order valence-corrected chi connectivity index (χ1v) is 10.5. The molecule has 1 aliphatic heterocycles. The summed E-state index contributed by atoms with van der Waals surface area (Å²) in [5, 5.41) is 0. The van der Waals surface area contributed by atoms with Gasteiger partial charge in [-0.1, -0.05) is 48.5 Å². The summed E-state index contributed by atoms with van der Waals surface area (Å²) in [5.41, 5.74) is 2.45. The highest BCUT2D eigenvalue weighted by Crippen LogP contribution is 2.36. The topological polar surface area (TPSA) is 59.1 Å². The lowest BCUT2D eigenvalue weighted by Gasteiger charge is -2.22. The molecule has 0 fully saturated rings. The number of hydrogen-bond acceptors (Lipinski definition) is 5. The third kappa shape index (κ3) is 5.14. The number of rotatable bonds is 10. The summed E-state index contributed by atoms with van der Waals surface area (Å²) in [6, 6.07) is 17.2. The fourth-order valence-corrected chi connectivity index (χ4v) is 3.69. The van der Waals surface area contributed by atoms with Crippen LogP contribution in [-0.2, 0) is 20.9 Å². The number of carbonyl (C=O) groups is 2. The number of amides is 2. The van der Waals surface area contributed by atoms with E-state index < -0.39 is 0 Å². The number of ether oxygens (including phenoxy) is 2. The zero-order valence-corrected chi connectivity index (χ0v) is 18.6. The van der Waals surface area contributed by atoms with Gasteiger partial charge in [0.2, 0.25) is 0 Å². The largest absolute Gasteiger partial charge is 0.496 e. The average Bonchev–Trinajstić information content (AvgIpc) is 3.01. The number of para-hydroxylation sites is 1. The number of imide groups is 1. The molecule has 0 atom stereocenters. The van der Waals surface area contributed by atoms with E-state index in [1.165, 1.54) is 4.90 Å². The summed E-state index contributed by atoms with van der Waals surface area (Å²) < 4.78 is 11.1. The Morgan fingerprint density at radius 2 is 1.65 bits per heavy atom. The molecular formula is C25H30N2O4. The average molecular weight is 423 g/mol. The first-order chi connectivity index (χ1) is 14.9. The SMILES string of the molecule is COc1ccccc1C1=C(N(C)Cc2ccccc2)C(=O)N(CCCOC(C)C)C1=O. The molecule has 0 radical (unpaired) electrons. The van der Waals surface area contributed by atoms with Gasteiger partial charge in [-0.05, 0) is 31.9 Å². The maximum absolute atomic E-state index is 13.4. The lowest BCUT2D eigenvalue weighted by atomic mass is 10.0. The molecule has 2 amide bonds. The lowest BCUT2D eigenvalue weighted by Crippen LogP contribution is -2.35. The van der Waals surface area contributed by atoms with Crippen molar-refractivity contribution >= 4 is 17.4 Å². The number of likely N-dealkylation sites (N-methyl/N-ethyl adjacent to an activating group) is 1. The molecule has 2 aromatic carbocycles. The number of carbonyl (C=O) groups excluding carboxylic acids is 2. The Labute approximate surface area is 184 Å². The number of nitrogens with zero attached hydrogens (tertiary/aromatic N) is 2. The normalized spacial score (nSPS) is 14.0. The molecular weight excluding hydrogens is 392 g/mol. The van der Waals surface area contributed by atoms with Crippen molar-refractivity contribution in [2.75, 3.05) is 27.3 Å². The van der Waals surface area contributed by atoms with Gasteiger partial charge in [-0.3, -0.25) is 14.5 Å². The van der Waals surface area contributed by atoms with Gasteiger partial charge in [0.1, 0.15) is 11.4 Å². The van der Waals surface area contributed by atoms with Crippen LogP contribution < -0.4 is 4.74 Å². The van der Waals surface area contributed by atoms with Crippen LogP contribution >= 0.6 is 0 Å². The van der Waals surface area contributed by atoms with Crippen molar-refractivity contribution in [3.63, 3.8) is 0 Å². The van der Waals surface area contributed by atoms with Gasteiger partial charge < -0.3 is 14.4 Å². The Bertz CT molecular complexity index is 953. The maximum Gasteiger partial charge on any atom is 0.277 e. The van der Waals surface area contributed by atoms with Crippen molar-refractivity contribution in [2.24, 2.45) is 0 Å². The van der Waals surface area contributed by atoms with Gasteiger partial charge in [-0.2, -0.15) is 0 Å². The second-order valence-corrected chi connectivity index (χ2v) is 7.80. The smallest absolute Gasteiger partial charge is 0.277 e. The minimum Gasteiger partial charge on any atom is -0.496 e. The van der Waals surface area contributed by atoms with Gasteiger partial charge in [0.15, 0.2) is 0 Å². The van der Waals surface area contributed by atoms with E-state index in [0.717, 1.165) is 5.56 Å². The van der Waals surface area contributed by atoms with E-state index in [1.807, 2.05) is 74.3 Å². The Morgan fingerprint density at radius 1 is 0.968 bits per heavy atom. The van der Waals surface area contributed by atoms with Crippen LogP contribution in [0.15, 0.2) is 60.3 Å². The van der Waals surface area contributed by atoms with Crippen molar-refractivity contribution in [3.05, 3.63) is 71.4 Å². The van der Waals surface area contributed by atoms with Crippen LogP contribution in [-0.4, -0.2) is 55.0 Å². The summed E-state index contributed by atoms with van der Waals surface area (Å²) in [6.45, 7) is 5.24. The molecule has 0 saturated carbocycles. The van der Waals surface area contributed by atoms with Gasteiger partial charge in [-0.15, -0.1) is 0 Å². The molecule has 1 aliphatic rings. The van der Waals surface area contributed by atoms with E-state index >= 15 is 0 Å². The van der Waals surface area contributed by atoms with Gasteiger partial charge in [0.05, 0.1) is 18.8 Å². The van der Waals surface area contributed by atoms with E-state index in [0.29, 0.717) is 48.7 Å². The van der Waals surface area contributed by atoms with Crippen molar-refractivity contribution in [2.45, 2.75) is 32.9 Å². The van der Waals surface area contributed by atoms with Crippen LogP contribution in [0, 0.1) is 0 Å². The van der Waals surface area contributed by atoms with Crippen LogP contribution in [0.3, 0.4) is 0 Å². The molecule has 164 valence electrons. The quantitative estimate of drug-likeness (QED) is 0.431. The number of methoxy groups -OCH3 is 1. The highest BCUT2D eigenvalue weighted by atomic mass is 16.5. The van der Waals surface area contributed by atoms with E-state index in [-0.39, 0.29) is 17.9 Å². The maximum atomic E-state index is 13.4. The molecule has 6 heteroatoms. The van der Waals surface area contributed by atoms with E-state index in [9.17, 15) is 9.59 Å². The molecule has 0 saturated heterocycles. The van der Waals surface area contributed by atoms with E-state index in [1.54, 1.807) is 13.2 Å². The molecule has 0 bridgehead atoms.